The SMILES string of the molecule is CCOCCCNC(=O)CNc1cccc(C)c1. The Bertz CT molecular complexity index is 367. The zero-order valence-corrected chi connectivity index (χ0v) is 11.2. The number of benzene rings is 1. The number of ether oxygens (including phenoxy) is 1. The third kappa shape index (κ3) is 6.25. The Kier molecular flexibility index (Phi) is 6.87. The molecule has 4 heteroatoms. The topological polar surface area (TPSA) is 50.4 Å². The van der Waals surface area contributed by atoms with Crippen molar-refractivity contribution in [1.82, 2.24) is 5.32 Å². The van der Waals surface area contributed by atoms with Crippen LogP contribution in [0.3, 0.4) is 0 Å². The molecule has 0 atom stereocenters. The quantitative estimate of drug-likeness (QED) is 0.693. The highest BCUT2D eigenvalue weighted by molar-refractivity contribution is 5.80. The van der Waals surface area contributed by atoms with E-state index in [-0.39, 0.29) is 5.91 Å². The van der Waals surface area contributed by atoms with Crippen LogP contribution in [-0.2, 0) is 9.53 Å². The molecule has 100 valence electrons. The molecule has 0 aliphatic rings. The first-order valence-corrected chi connectivity index (χ1v) is 6.37. The molecule has 0 saturated carbocycles. The molecule has 0 spiro atoms. The van der Waals surface area contributed by atoms with Gasteiger partial charge in [-0.3, -0.25) is 4.79 Å². The van der Waals surface area contributed by atoms with Gasteiger partial charge in [-0.1, -0.05) is 12.1 Å². The maximum atomic E-state index is 11.5. The van der Waals surface area contributed by atoms with E-state index in [1.807, 2.05) is 38.1 Å². The Morgan fingerprint density at radius 2 is 2.22 bits per heavy atom. The fraction of sp³-hybridized carbons (Fsp3) is 0.500. The van der Waals surface area contributed by atoms with Crippen LogP contribution in [0.2, 0.25) is 0 Å². The molecule has 18 heavy (non-hydrogen) atoms. The van der Waals surface area contributed by atoms with Crippen LogP contribution in [0, 0.1) is 6.92 Å². The van der Waals surface area contributed by atoms with E-state index in [1.165, 1.54) is 5.56 Å². The Balaban J connectivity index is 2.13. The van der Waals surface area contributed by atoms with Gasteiger partial charge in [0.1, 0.15) is 0 Å². The lowest BCUT2D eigenvalue weighted by atomic mass is 10.2. The predicted octanol–water partition coefficient (Wildman–Crippen LogP) is 1.95. The van der Waals surface area contributed by atoms with Crippen LogP contribution in [0.1, 0.15) is 18.9 Å². The lowest BCUT2D eigenvalue weighted by molar-refractivity contribution is -0.119. The van der Waals surface area contributed by atoms with Gasteiger partial charge in [-0.05, 0) is 38.0 Å². The van der Waals surface area contributed by atoms with Crippen molar-refractivity contribution < 1.29 is 9.53 Å². The molecule has 0 radical (unpaired) electrons. The highest BCUT2D eigenvalue weighted by Gasteiger charge is 2.00. The zero-order chi connectivity index (χ0) is 13.2. The monoisotopic (exact) mass is 250 g/mol. The first-order valence-electron chi connectivity index (χ1n) is 6.37. The number of hydrogen-bond acceptors (Lipinski definition) is 3. The van der Waals surface area contributed by atoms with E-state index in [2.05, 4.69) is 10.6 Å². The maximum absolute atomic E-state index is 11.5. The summed E-state index contributed by atoms with van der Waals surface area (Å²) in [5, 5.41) is 5.94. The van der Waals surface area contributed by atoms with Crippen LogP contribution in [-0.4, -0.2) is 32.2 Å². The molecule has 1 aromatic rings. The second-order valence-corrected chi connectivity index (χ2v) is 4.12. The second-order valence-electron chi connectivity index (χ2n) is 4.12. The van der Waals surface area contributed by atoms with E-state index in [0.717, 1.165) is 18.7 Å². The smallest absolute Gasteiger partial charge is 0.239 e. The minimum Gasteiger partial charge on any atom is -0.382 e. The Hall–Kier alpha value is -1.55. The molecule has 0 bridgehead atoms. The van der Waals surface area contributed by atoms with Crippen LogP contribution in [0.5, 0.6) is 0 Å². The number of nitrogens with one attached hydrogen (secondary N) is 2. The maximum Gasteiger partial charge on any atom is 0.239 e. The predicted molar refractivity (Wildman–Crippen MR) is 73.8 cm³/mol. The molecule has 1 aromatic carbocycles. The highest BCUT2D eigenvalue weighted by Crippen LogP contribution is 2.08. The fourth-order valence-corrected chi connectivity index (χ4v) is 1.55. The summed E-state index contributed by atoms with van der Waals surface area (Å²) in [5.74, 6) is 0.00741. The van der Waals surface area contributed by atoms with E-state index in [1.54, 1.807) is 0 Å². The van der Waals surface area contributed by atoms with E-state index in [0.29, 0.717) is 19.7 Å². The average Bonchev–Trinajstić information content (AvgIpc) is 2.36. The van der Waals surface area contributed by atoms with Crippen molar-refractivity contribution in [2.75, 3.05) is 31.6 Å². The molecule has 1 amide bonds. The molecule has 2 N–H and O–H groups in total. The van der Waals surface area contributed by atoms with Gasteiger partial charge < -0.3 is 15.4 Å². The Morgan fingerprint density at radius 1 is 1.39 bits per heavy atom. The summed E-state index contributed by atoms with van der Waals surface area (Å²) in [4.78, 5) is 11.5. The Morgan fingerprint density at radius 3 is 2.94 bits per heavy atom. The summed E-state index contributed by atoms with van der Waals surface area (Å²) in [6.07, 6.45) is 0.851. The van der Waals surface area contributed by atoms with Gasteiger partial charge in [-0.25, -0.2) is 0 Å². The highest BCUT2D eigenvalue weighted by atomic mass is 16.5. The van der Waals surface area contributed by atoms with Crippen molar-refractivity contribution in [3.63, 3.8) is 0 Å². The molecule has 0 unspecified atom stereocenters. The van der Waals surface area contributed by atoms with E-state index in [9.17, 15) is 4.79 Å². The summed E-state index contributed by atoms with van der Waals surface area (Å²) in [7, 11) is 0. The lowest BCUT2D eigenvalue weighted by Crippen LogP contribution is -2.31. The Labute approximate surface area is 109 Å². The van der Waals surface area contributed by atoms with Gasteiger partial charge >= 0.3 is 0 Å². The molecule has 4 nitrogen and oxygen atoms in total. The molecule has 0 aliphatic heterocycles. The third-order valence-electron chi connectivity index (χ3n) is 2.46. The van der Waals surface area contributed by atoms with Crippen molar-refractivity contribution in [1.29, 1.82) is 0 Å². The summed E-state index contributed by atoms with van der Waals surface area (Å²) < 4.78 is 5.19. The molecule has 0 aromatic heterocycles. The van der Waals surface area contributed by atoms with Gasteiger partial charge in [0.15, 0.2) is 0 Å². The van der Waals surface area contributed by atoms with Crippen molar-refractivity contribution in [2.45, 2.75) is 20.3 Å². The van der Waals surface area contributed by atoms with Crippen LogP contribution < -0.4 is 10.6 Å². The van der Waals surface area contributed by atoms with Crippen molar-refractivity contribution in [3.8, 4) is 0 Å². The first kappa shape index (κ1) is 14.5. The molecule has 0 aliphatic carbocycles. The van der Waals surface area contributed by atoms with Crippen LogP contribution >= 0.6 is 0 Å². The van der Waals surface area contributed by atoms with Gasteiger partial charge in [0.2, 0.25) is 5.91 Å². The largest absolute Gasteiger partial charge is 0.382 e. The number of carbonyl (C=O) groups is 1. The standard InChI is InChI=1S/C14H22N2O2/c1-3-18-9-5-8-15-14(17)11-16-13-7-4-6-12(2)10-13/h4,6-7,10,16H,3,5,8-9,11H2,1-2H3,(H,15,17). The summed E-state index contributed by atoms with van der Waals surface area (Å²) in [6, 6.07) is 7.97. The molecule has 1 rings (SSSR count). The number of rotatable bonds is 8. The van der Waals surface area contributed by atoms with Crippen molar-refractivity contribution >= 4 is 11.6 Å². The van der Waals surface area contributed by atoms with Crippen LogP contribution in [0.4, 0.5) is 5.69 Å². The van der Waals surface area contributed by atoms with E-state index in [4.69, 9.17) is 4.74 Å². The number of carbonyl (C=O) groups excluding carboxylic acids is 1. The van der Waals surface area contributed by atoms with Crippen molar-refractivity contribution in [3.05, 3.63) is 29.8 Å². The minimum absolute atomic E-state index is 0.00741. The number of anilines is 1. The van der Waals surface area contributed by atoms with Crippen LogP contribution in [0.25, 0.3) is 0 Å². The van der Waals surface area contributed by atoms with Gasteiger partial charge in [0.25, 0.3) is 0 Å². The summed E-state index contributed by atoms with van der Waals surface area (Å²) >= 11 is 0. The molecular formula is C14H22N2O2. The normalized spacial score (nSPS) is 10.1. The van der Waals surface area contributed by atoms with Gasteiger partial charge in [0, 0.05) is 25.4 Å². The van der Waals surface area contributed by atoms with Gasteiger partial charge in [0.05, 0.1) is 6.54 Å². The van der Waals surface area contributed by atoms with E-state index < -0.39 is 0 Å². The fourth-order valence-electron chi connectivity index (χ4n) is 1.55. The average molecular weight is 250 g/mol. The summed E-state index contributed by atoms with van der Waals surface area (Å²) in [5.41, 5.74) is 2.15. The second kappa shape index (κ2) is 8.53. The lowest BCUT2D eigenvalue weighted by Gasteiger charge is -2.08. The third-order valence-corrected chi connectivity index (χ3v) is 2.46. The van der Waals surface area contributed by atoms with E-state index >= 15 is 0 Å². The number of aryl methyl sites for hydroxylation is 1. The molecule has 0 saturated heterocycles. The zero-order valence-electron chi connectivity index (χ0n) is 11.2. The van der Waals surface area contributed by atoms with Crippen LogP contribution in [0.15, 0.2) is 24.3 Å². The minimum atomic E-state index is 0.00741. The molecular weight excluding hydrogens is 228 g/mol. The molecule has 0 fully saturated rings. The van der Waals surface area contributed by atoms with Gasteiger partial charge in [-0.2, -0.15) is 0 Å². The number of hydrogen-bond donors (Lipinski definition) is 2. The first-order chi connectivity index (χ1) is 8.72. The van der Waals surface area contributed by atoms with Gasteiger partial charge in [-0.15, -0.1) is 0 Å². The van der Waals surface area contributed by atoms with Crippen molar-refractivity contribution in [2.24, 2.45) is 0 Å². The summed E-state index contributed by atoms with van der Waals surface area (Å²) in [6.45, 7) is 6.38. The number of amides is 1. The molecule has 0 heterocycles.